The van der Waals surface area contributed by atoms with Crippen LogP contribution in [0.15, 0.2) is 24.3 Å². The molecule has 1 aliphatic heterocycles. The van der Waals surface area contributed by atoms with E-state index in [2.05, 4.69) is 23.1 Å². The van der Waals surface area contributed by atoms with Gasteiger partial charge >= 0.3 is 0 Å². The lowest BCUT2D eigenvalue weighted by Gasteiger charge is -2.43. The minimum Gasteiger partial charge on any atom is -0.496 e. The van der Waals surface area contributed by atoms with E-state index in [1.807, 2.05) is 13.2 Å². The van der Waals surface area contributed by atoms with Crippen molar-refractivity contribution in [2.75, 3.05) is 27.3 Å². The van der Waals surface area contributed by atoms with Crippen LogP contribution in [0.2, 0.25) is 0 Å². The average molecular weight is 335 g/mol. The molecule has 2 fully saturated rings. The topological polar surface area (TPSA) is 59.0 Å². The van der Waals surface area contributed by atoms with Crippen molar-refractivity contribution in [1.82, 2.24) is 4.90 Å². The summed E-state index contributed by atoms with van der Waals surface area (Å²) in [5.74, 6) is 1.01. The third-order valence-corrected chi connectivity index (χ3v) is 5.38. The Kier molecular flexibility index (Phi) is 7.06. The van der Waals surface area contributed by atoms with Crippen molar-refractivity contribution in [3.63, 3.8) is 0 Å². The number of methoxy groups -OCH3 is 2. The van der Waals surface area contributed by atoms with Crippen molar-refractivity contribution in [2.24, 2.45) is 5.41 Å². The first-order valence-electron chi connectivity index (χ1n) is 8.64. The Balaban J connectivity index is 0.000000647. The smallest absolute Gasteiger partial charge is 0.290 e. The number of hydrogen-bond donors (Lipinski definition) is 1. The van der Waals surface area contributed by atoms with Crippen LogP contribution in [0.3, 0.4) is 0 Å². The number of hydrogen-bond acceptors (Lipinski definition) is 4. The van der Waals surface area contributed by atoms with Crippen LogP contribution in [-0.2, 0) is 16.1 Å². The van der Waals surface area contributed by atoms with E-state index in [1.54, 1.807) is 7.11 Å². The highest BCUT2D eigenvalue weighted by atomic mass is 16.5. The lowest BCUT2D eigenvalue weighted by molar-refractivity contribution is -0.122. The van der Waals surface area contributed by atoms with Crippen molar-refractivity contribution in [3.8, 4) is 5.75 Å². The Bertz CT molecular complexity index is 522. The molecule has 0 unspecified atom stereocenters. The zero-order valence-electron chi connectivity index (χ0n) is 14.7. The summed E-state index contributed by atoms with van der Waals surface area (Å²) in [5.41, 5.74) is 1.69. The second-order valence-corrected chi connectivity index (χ2v) is 6.71. The summed E-state index contributed by atoms with van der Waals surface area (Å²) in [5, 5.41) is 6.89. The van der Waals surface area contributed by atoms with Gasteiger partial charge in [0.15, 0.2) is 0 Å². The SMILES string of the molecule is COc1ccccc1CN1CCC[C@]2(CCC[C@H]2OC)C1.O=CO. The Morgan fingerprint density at radius 1 is 1.29 bits per heavy atom. The summed E-state index contributed by atoms with van der Waals surface area (Å²) in [6, 6.07) is 8.38. The van der Waals surface area contributed by atoms with Gasteiger partial charge in [-0.05, 0) is 38.3 Å². The fraction of sp³-hybridized carbons (Fsp3) is 0.632. The van der Waals surface area contributed by atoms with Crippen LogP contribution in [0.25, 0.3) is 0 Å². The minimum absolute atomic E-state index is 0.250. The number of piperidine rings is 1. The van der Waals surface area contributed by atoms with E-state index in [-0.39, 0.29) is 6.47 Å². The highest BCUT2D eigenvalue weighted by Gasteiger charge is 2.45. The van der Waals surface area contributed by atoms with Gasteiger partial charge in [0.05, 0.1) is 13.2 Å². The summed E-state index contributed by atoms with van der Waals surface area (Å²) in [6.45, 7) is 3.10. The molecule has 134 valence electrons. The van der Waals surface area contributed by atoms with Gasteiger partial charge < -0.3 is 14.6 Å². The maximum atomic E-state index is 8.36. The van der Waals surface area contributed by atoms with Gasteiger partial charge in [-0.2, -0.15) is 0 Å². The third-order valence-electron chi connectivity index (χ3n) is 5.38. The first kappa shape index (κ1) is 18.7. The second kappa shape index (κ2) is 9.04. The molecule has 24 heavy (non-hydrogen) atoms. The first-order valence-corrected chi connectivity index (χ1v) is 8.64. The van der Waals surface area contributed by atoms with Crippen LogP contribution in [0.4, 0.5) is 0 Å². The van der Waals surface area contributed by atoms with E-state index < -0.39 is 0 Å². The average Bonchev–Trinajstić information content (AvgIpc) is 2.98. The zero-order valence-corrected chi connectivity index (χ0v) is 14.7. The number of rotatable bonds is 4. The van der Waals surface area contributed by atoms with E-state index >= 15 is 0 Å². The second-order valence-electron chi connectivity index (χ2n) is 6.71. The van der Waals surface area contributed by atoms with Gasteiger partial charge in [0, 0.05) is 31.2 Å². The van der Waals surface area contributed by atoms with Crippen LogP contribution < -0.4 is 4.74 Å². The van der Waals surface area contributed by atoms with Gasteiger partial charge in [-0.1, -0.05) is 24.6 Å². The molecule has 2 aliphatic rings. The fourth-order valence-corrected chi connectivity index (χ4v) is 4.41. The van der Waals surface area contributed by atoms with Gasteiger partial charge in [-0.25, -0.2) is 0 Å². The molecule has 0 radical (unpaired) electrons. The van der Waals surface area contributed by atoms with Crippen molar-refractivity contribution >= 4 is 6.47 Å². The summed E-state index contributed by atoms with van der Waals surface area (Å²) >= 11 is 0. The Labute approximate surface area is 144 Å². The lowest BCUT2D eigenvalue weighted by atomic mass is 9.76. The number of nitrogens with zero attached hydrogens (tertiary/aromatic N) is 1. The van der Waals surface area contributed by atoms with E-state index in [0.717, 1.165) is 12.3 Å². The molecule has 5 heteroatoms. The normalized spacial score (nSPS) is 26.7. The summed E-state index contributed by atoms with van der Waals surface area (Å²) in [6.07, 6.45) is 6.95. The quantitative estimate of drug-likeness (QED) is 0.857. The fourth-order valence-electron chi connectivity index (χ4n) is 4.41. The number of carboxylic acid groups (broad SMARTS) is 1. The lowest BCUT2D eigenvalue weighted by Crippen LogP contribution is -2.47. The maximum Gasteiger partial charge on any atom is 0.290 e. The molecular weight excluding hydrogens is 306 g/mol. The van der Waals surface area contributed by atoms with E-state index in [9.17, 15) is 0 Å². The number of likely N-dealkylation sites (tertiary alicyclic amines) is 1. The number of ether oxygens (including phenoxy) is 2. The zero-order chi connectivity index (χ0) is 17.4. The Morgan fingerprint density at radius 3 is 2.71 bits per heavy atom. The molecule has 1 heterocycles. The van der Waals surface area contributed by atoms with E-state index in [1.165, 1.54) is 50.8 Å². The minimum atomic E-state index is -0.250. The largest absolute Gasteiger partial charge is 0.496 e. The Morgan fingerprint density at radius 2 is 2.00 bits per heavy atom. The standard InChI is InChI=1S/C18H27NO2.CH2O2/c1-20-16-8-4-3-7-15(16)13-19-12-6-11-18(14-19)10-5-9-17(18)21-2;2-1-3/h3-4,7-8,17H,5-6,9-14H2,1-2H3;1H,(H,2,3)/t17-,18-;/m1./s1. The summed E-state index contributed by atoms with van der Waals surface area (Å²) < 4.78 is 11.3. The summed E-state index contributed by atoms with van der Waals surface area (Å²) in [7, 11) is 3.64. The summed E-state index contributed by atoms with van der Waals surface area (Å²) in [4.78, 5) is 11.0. The Hall–Kier alpha value is -1.59. The maximum absolute atomic E-state index is 8.36. The monoisotopic (exact) mass is 335 g/mol. The predicted octanol–water partition coefficient (Wildman–Crippen LogP) is 3.18. The van der Waals surface area contributed by atoms with Crippen molar-refractivity contribution in [1.29, 1.82) is 0 Å². The van der Waals surface area contributed by atoms with Gasteiger partial charge in [0.25, 0.3) is 6.47 Å². The number of carbonyl (C=O) groups is 1. The van der Waals surface area contributed by atoms with Gasteiger partial charge in [0.2, 0.25) is 0 Å². The highest BCUT2D eigenvalue weighted by Crippen LogP contribution is 2.46. The van der Waals surface area contributed by atoms with Crippen LogP contribution in [-0.4, -0.2) is 49.9 Å². The highest BCUT2D eigenvalue weighted by molar-refractivity contribution is 5.33. The molecule has 2 atom stereocenters. The number of para-hydroxylation sites is 1. The van der Waals surface area contributed by atoms with Crippen molar-refractivity contribution < 1.29 is 19.4 Å². The van der Waals surface area contributed by atoms with Gasteiger partial charge in [0.1, 0.15) is 5.75 Å². The van der Waals surface area contributed by atoms with Gasteiger partial charge in [-0.15, -0.1) is 0 Å². The third kappa shape index (κ3) is 4.28. The molecule has 1 aromatic carbocycles. The molecule has 3 rings (SSSR count). The molecule has 1 spiro atoms. The number of benzene rings is 1. The van der Waals surface area contributed by atoms with Crippen LogP contribution in [0, 0.1) is 5.41 Å². The molecule has 0 bridgehead atoms. The molecule has 1 saturated heterocycles. The first-order chi connectivity index (χ1) is 11.7. The van der Waals surface area contributed by atoms with Crippen molar-refractivity contribution in [3.05, 3.63) is 29.8 Å². The molecular formula is C19H29NO4. The van der Waals surface area contributed by atoms with E-state index in [4.69, 9.17) is 19.4 Å². The van der Waals surface area contributed by atoms with Crippen LogP contribution >= 0.6 is 0 Å². The molecule has 0 amide bonds. The molecule has 5 nitrogen and oxygen atoms in total. The molecule has 1 N–H and O–H groups in total. The van der Waals surface area contributed by atoms with Crippen LogP contribution in [0.1, 0.15) is 37.7 Å². The van der Waals surface area contributed by atoms with E-state index in [0.29, 0.717) is 11.5 Å². The molecule has 0 aromatic heterocycles. The molecule has 1 saturated carbocycles. The molecule has 1 aromatic rings. The predicted molar refractivity (Wildman–Crippen MR) is 93.3 cm³/mol. The van der Waals surface area contributed by atoms with Gasteiger partial charge in [-0.3, -0.25) is 9.69 Å². The molecule has 1 aliphatic carbocycles. The van der Waals surface area contributed by atoms with Crippen LogP contribution in [0.5, 0.6) is 5.75 Å². The van der Waals surface area contributed by atoms with Crippen molar-refractivity contribution in [2.45, 2.75) is 44.8 Å².